The number of hydrogen-bond acceptors (Lipinski definition) is 5. The monoisotopic (exact) mass is 298 g/mol. The largest absolute Gasteiger partial charge is 0.391 e. The second-order valence-corrected chi connectivity index (χ2v) is 6.72. The number of hydrogen-bond donors (Lipinski definition) is 1. The summed E-state index contributed by atoms with van der Waals surface area (Å²) >= 11 is 1.66. The summed E-state index contributed by atoms with van der Waals surface area (Å²) in [5, 5.41) is 10.6. The van der Waals surface area contributed by atoms with Crippen LogP contribution in [0.2, 0.25) is 0 Å². The Kier molecular flexibility index (Phi) is 5.81. The average Bonchev–Trinajstić information content (AvgIpc) is 2.92. The van der Waals surface area contributed by atoms with Gasteiger partial charge in [-0.15, -0.1) is 0 Å². The standard InChI is InChI=1S/C15H26N2O2S/c1-4-11(2)14-13(9-18)20-15(16-14)17-7-5-12(6-8-17)10-19-3/h11-12,18H,4-10H2,1-3H3. The number of aliphatic hydroxyl groups is 1. The Bertz CT molecular complexity index is 414. The molecular weight excluding hydrogens is 272 g/mol. The van der Waals surface area contributed by atoms with Crippen molar-refractivity contribution < 1.29 is 9.84 Å². The molecule has 1 aromatic rings. The molecule has 2 heterocycles. The molecule has 0 aromatic carbocycles. The Balaban J connectivity index is 2.05. The number of aliphatic hydroxyl groups excluding tert-OH is 1. The second-order valence-electron chi connectivity index (χ2n) is 5.66. The molecule has 2 rings (SSSR count). The Labute approximate surface area is 125 Å². The maximum Gasteiger partial charge on any atom is 0.185 e. The van der Waals surface area contributed by atoms with E-state index in [4.69, 9.17) is 9.72 Å². The first-order chi connectivity index (χ1) is 9.69. The maximum absolute atomic E-state index is 9.52. The molecule has 1 N–H and O–H groups in total. The van der Waals surface area contributed by atoms with Gasteiger partial charge in [0.2, 0.25) is 0 Å². The van der Waals surface area contributed by atoms with Crippen molar-refractivity contribution in [2.75, 3.05) is 31.7 Å². The predicted octanol–water partition coefficient (Wildman–Crippen LogP) is 3.01. The summed E-state index contributed by atoms with van der Waals surface area (Å²) in [7, 11) is 1.78. The molecule has 20 heavy (non-hydrogen) atoms. The number of methoxy groups -OCH3 is 1. The molecule has 0 spiro atoms. The van der Waals surface area contributed by atoms with Crippen molar-refractivity contribution in [2.45, 2.75) is 45.6 Å². The van der Waals surface area contributed by atoms with E-state index in [2.05, 4.69) is 18.7 Å². The lowest BCUT2D eigenvalue weighted by molar-refractivity contribution is 0.139. The molecule has 4 nitrogen and oxygen atoms in total. The number of piperidine rings is 1. The summed E-state index contributed by atoms with van der Waals surface area (Å²) in [4.78, 5) is 8.20. The molecule has 1 aromatic heterocycles. The Morgan fingerprint density at radius 2 is 2.15 bits per heavy atom. The molecule has 1 unspecified atom stereocenters. The zero-order chi connectivity index (χ0) is 14.5. The quantitative estimate of drug-likeness (QED) is 0.877. The number of aromatic nitrogens is 1. The van der Waals surface area contributed by atoms with Crippen molar-refractivity contribution in [3.8, 4) is 0 Å². The van der Waals surface area contributed by atoms with Gasteiger partial charge in [-0.05, 0) is 31.1 Å². The molecule has 0 bridgehead atoms. The summed E-state index contributed by atoms with van der Waals surface area (Å²) in [5.41, 5.74) is 1.09. The van der Waals surface area contributed by atoms with E-state index in [1.54, 1.807) is 18.4 Å². The van der Waals surface area contributed by atoms with Crippen LogP contribution in [0.15, 0.2) is 0 Å². The van der Waals surface area contributed by atoms with E-state index in [1.807, 2.05) is 0 Å². The minimum absolute atomic E-state index is 0.109. The Morgan fingerprint density at radius 1 is 1.45 bits per heavy atom. The fraction of sp³-hybridized carbons (Fsp3) is 0.800. The number of ether oxygens (including phenoxy) is 1. The third-order valence-corrected chi connectivity index (χ3v) is 5.34. The van der Waals surface area contributed by atoms with E-state index in [0.29, 0.717) is 11.8 Å². The first-order valence-electron chi connectivity index (χ1n) is 7.53. The van der Waals surface area contributed by atoms with Crippen LogP contribution >= 0.6 is 11.3 Å². The summed E-state index contributed by atoms with van der Waals surface area (Å²) in [6.45, 7) is 7.42. The number of nitrogens with zero attached hydrogens (tertiary/aromatic N) is 2. The van der Waals surface area contributed by atoms with Gasteiger partial charge in [0.15, 0.2) is 5.13 Å². The number of anilines is 1. The Hall–Kier alpha value is -0.650. The highest BCUT2D eigenvalue weighted by molar-refractivity contribution is 7.15. The van der Waals surface area contributed by atoms with Gasteiger partial charge in [-0.25, -0.2) is 4.98 Å². The number of rotatable bonds is 6. The van der Waals surface area contributed by atoms with Crippen LogP contribution in [0.1, 0.15) is 49.6 Å². The van der Waals surface area contributed by atoms with Crippen LogP contribution in [0.4, 0.5) is 5.13 Å². The average molecular weight is 298 g/mol. The predicted molar refractivity (Wildman–Crippen MR) is 83.6 cm³/mol. The highest BCUT2D eigenvalue weighted by atomic mass is 32.1. The zero-order valence-electron chi connectivity index (χ0n) is 12.8. The molecule has 1 aliphatic rings. The van der Waals surface area contributed by atoms with Gasteiger partial charge in [-0.2, -0.15) is 0 Å². The summed E-state index contributed by atoms with van der Waals surface area (Å²) in [5.74, 6) is 1.11. The molecule has 0 saturated carbocycles. The van der Waals surface area contributed by atoms with Crippen molar-refractivity contribution in [2.24, 2.45) is 5.92 Å². The maximum atomic E-state index is 9.52. The summed E-state index contributed by atoms with van der Waals surface area (Å²) in [6.07, 6.45) is 3.40. The fourth-order valence-electron chi connectivity index (χ4n) is 2.70. The van der Waals surface area contributed by atoms with Gasteiger partial charge in [0.1, 0.15) is 0 Å². The van der Waals surface area contributed by atoms with Crippen LogP contribution in [0.3, 0.4) is 0 Å². The first kappa shape index (κ1) is 15.7. The number of thiazole rings is 1. The molecule has 5 heteroatoms. The van der Waals surface area contributed by atoms with Gasteiger partial charge < -0.3 is 14.7 Å². The molecule has 0 radical (unpaired) electrons. The molecule has 0 amide bonds. The lowest BCUT2D eigenvalue weighted by atomic mass is 9.98. The summed E-state index contributed by atoms with van der Waals surface area (Å²) in [6, 6.07) is 0. The molecule has 1 atom stereocenters. The van der Waals surface area contributed by atoms with Gasteiger partial charge in [-0.3, -0.25) is 0 Å². The molecule has 1 aliphatic heterocycles. The van der Waals surface area contributed by atoms with Crippen LogP contribution in [0.5, 0.6) is 0 Å². The van der Waals surface area contributed by atoms with E-state index in [9.17, 15) is 5.11 Å². The minimum Gasteiger partial charge on any atom is -0.391 e. The second kappa shape index (κ2) is 7.38. The van der Waals surface area contributed by atoms with Gasteiger partial charge in [0.25, 0.3) is 0 Å². The third-order valence-electron chi connectivity index (χ3n) is 4.23. The van der Waals surface area contributed by atoms with E-state index < -0.39 is 0 Å². The van der Waals surface area contributed by atoms with Gasteiger partial charge in [-0.1, -0.05) is 25.2 Å². The fourth-order valence-corrected chi connectivity index (χ4v) is 3.80. The van der Waals surface area contributed by atoms with Crippen molar-refractivity contribution in [1.82, 2.24) is 4.98 Å². The van der Waals surface area contributed by atoms with Crippen LogP contribution in [0, 0.1) is 5.92 Å². The zero-order valence-corrected chi connectivity index (χ0v) is 13.6. The van der Waals surface area contributed by atoms with E-state index in [-0.39, 0.29) is 6.61 Å². The normalized spacial score (nSPS) is 18.5. The molecule has 0 aliphatic carbocycles. The highest BCUT2D eigenvalue weighted by Crippen LogP contribution is 2.34. The van der Waals surface area contributed by atoms with Crippen LogP contribution < -0.4 is 4.90 Å². The Morgan fingerprint density at radius 3 is 2.70 bits per heavy atom. The van der Waals surface area contributed by atoms with Gasteiger partial charge in [0.05, 0.1) is 17.2 Å². The summed E-state index contributed by atoms with van der Waals surface area (Å²) < 4.78 is 5.24. The van der Waals surface area contributed by atoms with E-state index >= 15 is 0 Å². The SMILES string of the molecule is CCC(C)c1nc(N2CCC(COC)CC2)sc1CO. The van der Waals surface area contributed by atoms with E-state index in [0.717, 1.165) is 41.8 Å². The lowest BCUT2D eigenvalue weighted by Crippen LogP contribution is -2.34. The van der Waals surface area contributed by atoms with Gasteiger partial charge in [0, 0.05) is 26.8 Å². The van der Waals surface area contributed by atoms with Crippen molar-refractivity contribution in [1.29, 1.82) is 0 Å². The van der Waals surface area contributed by atoms with Crippen LogP contribution in [0.25, 0.3) is 0 Å². The van der Waals surface area contributed by atoms with Crippen molar-refractivity contribution in [3.63, 3.8) is 0 Å². The van der Waals surface area contributed by atoms with Crippen molar-refractivity contribution in [3.05, 3.63) is 10.6 Å². The van der Waals surface area contributed by atoms with Crippen molar-refractivity contribution >= 4 is 16.5 Å². The first-order valence-corrected chi connectivity index (χ1v) is 8.35. The molecular formula is C15H26N2O2S. The molecule has 1 saturated heterocycles. The van der Waals surface area contributed by atoms with Crippen LogP contribution in [-0.4, -0.2) is 36.9 Å². The topological polar surface area (TPSA) is 45.6 Å². The third kappa shape index (κ3) is 3.51. The minimum atomic E-state index is 0.109. The molecule has 1 fully saturated rings. The van der Waals surface area contributed by atoms with Gasteiger partial charge >= 0.3 is 0 Å². The highest BCUT2D eigenvalue weighted by Gasteiger charge is 2.23. The smallest absolute Gasteiger partial charge is 0.185 e. The van der Waals surface area contributed by atoms with Crippen LogP contribution in [-0.2, 0) is 11.3 Å². The van der Waals surface area contributed by atoms with E-state index in [1.165, 1.54) is 12.8 Å². The lowest BCUT2D eigenvalue weighted by Gasteiger charge is -2.31. The molecule has 114 valence electrons.